The van der Waals surface area contributed by atoms with E-state index >= 15 is 0 Å². The standard InChI is InChI=1S/C20H25Cl2NO3/c21-16-1-2-18(17(22)8-16)25-12-19(24)23-3-4-26-20-9-13-5-14(10-20)7-15(6-13)11-20/h1-2,8,13-15H,3-7,9-12H2,(H,23,24). The molecule has 0 saturated heterocycles. The van der Waals surface area contributed by atoms with Crippen LogP contribution in [0.4, 0.5) is 0 Å². The lowest BCUT2D eigenvalue weighted by molar-refractivity contribution is -0.161. The Bertz CT molecular complexity index is 644. The number of nitrogens with one attached hydrogen (secondary N) is 1. The first-order valence-electron chi connectivity index (χ1n) is 9.50. The van der Waals surface area contributed by atoms with Crippen LogP contribution in [0.25, 0.3) is 0 Å². The first-order chi connectivity index (χ1) is 12.5. The van der Waals surface area contributed by atoms with Gasteiger partial charge in [0.25, 0.3) is 5.91 Å². The van der Waals surface area contributed by atoms with Crippen molar-refractivity contribution in [2.24, 2.45) is 17.8 Å². The van der Waals surface area contributed by atoms with Crippen LogP contribution in [0, 0.1) is 17.8 Å². The summed E-state index contributed by atoms with van der Waals surface area (Å²) in [5.41, 5.74) is 0.0901. The molecule has 142 valence electrons. The number of hydrogen-bond donors (Lipinski definition) is 1. The maximum atomic E-state index is 12.0. The minimum atomic E-state index is -0.176. The molecule has 0 radical (unpaired) electrons. The van der Waals surface area contributed by atoms with Crippen molar-refractivity contribution in [1.29, 1.82) is 0 Å². The second kappa shape index (κ2) is 7.57. The van der Waals surface area contributed by atoms with E-state index in [1.165, 1.54) is 38.5 Å². The third-order valence-electron chi connectivity index (χ3n) is 6.07. The van der Waals surface area contributed by atoms with Crippen LogP contribution in [-0.4, -0.2) is 31.3 Å². The Hall–Kier alpha value is -0.970. The van der Waals surface area contributed by atoms with Crippen LogP contribution in [0.15, 0.2) is 18.2 Å². The zero-order chi connectivity index (χ0) is 18.1. The van der Waals surface area contributed by atoms with Gasteiger partial charge in [0, 0.05) is 11.6 Å². The topological polar surface area (TPSA) is 47.6 Å². The van der Waals surface area contributed by atoms with Gasteiger partial charge >= 0.3 is 0 Å². The number of halogens is 2. The van der Waals surface area contributed by atoms with E-state index in [-0.39, 0.29) is 18.1 Å². The van der Waals surface area contributed by atoms with Crippen LogP contribution in [0.1, 0.15) is 38.5 Å². The van der Waals surface area contributed by atoms with Crippen LogP contribution >= 0.6 is 23.2 Å². The van der Waals surface area contributed by atoms with Crippen LogP contribution in [-0.2, 0) is 9.53 Å². The molecule has 0 heterocycles. The molecule has 4 saturated carbocycles. The molecule has 1 aromatic rings. The van der Waals surface area contributed by atoms with Gasteiger partial charge in [-0.1, -0.05) is 23.2 Å². The molecule has 4 fully saturated rings. The average Bonchev–Trinajstić information content (AvgIpc) is 2.57. The van der Waals surface area contributed by atoms with E-state index in [0.29, 0.717) is 28.9 Å². The Labute approximate surface area is 164 Å². The van der Waals surface area contributed by atoms with Crippen molar-refractivity contribution in [3.8, 4) is 5.75 Å². The van der Waals surface area contributed by atoms with Gasteiger partial charge in [-0.15, -0.1) is 0 Å². The molecule has 0 atom stereocenters. The van der Waals surface area contributed by atoms with Crippen molar-refractivity contribution in [3.63, 3.8) is 0 Å². The number of hydrogen-bond acceptors (Lipinski definition) is 3. The molecule has 1 N–H and O–H groups in total. The predicted molar refractivity (Wildman–Crippen MR) is 102 cm³/mol. The fourth-order valence-electron chi connectivity index (χ4n) is 5.45. The monoisotopic (exact) mass is 397 g/mol. The molecular formula is C20H25Cl2NO3. The van der Waals surface area contributed by atoms with E-state index in [9.17, 15) is 4.79 Å². The van der Waals surface area contributed by atoms with E-state index in [1.807, 2.05) is 0 Å². The average molecular weight is 398 g/mol. The summed E-state index contributed by atoms with van der Waals surface area (Å²) in [6.45, 7) is 1.01. The van der Waals surface area contributed by atoms with Crippen molar-refractivity contribution in [3.05, 3.63) is 28.2 Å². The molecule has 0 aliphatic heterocycles. The van der Waals surface area contributed by atoms with Gasteiger partial charge in [0.05, 0.1) is 17.2 Å². The largest absolute Gasteiger partial charge is 0.482 e. The summed E-state index contributed by atoms with van der Waals surface area (Å²) in [6, 6.07) is 4.93. The predicted octanol–water partition coefficient (Wildman–Crippen LogP) is 4.47. The van der Waals surface area contributed by atoms with E-state index in [2.05, 4.69) is 5.32 Å². The summed E-state index contributed by atoms with van der Waals surface area (Å²) >= 11 is 11.9. The molecule has 5 rings (SSSR count). The molecule has 4 aliphatic rings. The van der Waals surface area contributed by atoms with E-state index in [0.717, 1.165) is 17.8 Å². The molecule has 0 aromatic heterocycles. The fraction of sp³-hybridized carbons (Fsp3) is 0.650. The van der Waals surface area contributed by atoms with Gasteiger partial charge in [0.15, 0.2) is 6.61 Å². The van der Waals surface area contributed by atoms with Crippen molar-refractivity contribution < 1.29 is 14.3 Å². The number of carbonyl (C=O) groups excluding carboxylic acids is 1. The second-order valence-electron chi connectivity index (χ2n) is 8.16. The second-order valence-corrected chi connectivity index (χ2v) is 9.01. The van der Waals surface area contributed by atoms with Crippen LogP contribution in [0.2, 0.25) is 10.0 Å². The number of carbonyl (C=O) groups is 1. The smallest absolute Gasteiger partial charge is 0.258 e. The van der Waals surface area contributed by atoms with Crippen molar-refractivity contribution in [1.82, 2.24) is 5.32 Å². The molecule has 0 unspecified atom stereocenters. The maximum Gasteiger partial charge on any atom is 0.258 e. The highest BCUT2D eigenvalue weighted by Gasteiger charge is 2.51. The molecule has 4 bridgehead atoms. The van der Waals surface area contributed by atoms with E-state index < -0.39 is 0 Å². The highest BCUT2D eigenvalue weighted by molar-refractivity contribution is 6.35. The van der Waals surface area contributed by atoms with E-state index in [4.69, 9.17) is 32.7 Å². The Balaban J connectivity index is 1.17. The lowest BCUT2D eigenvalue weighted by atomic mass is 9.54. The summed E-state index contributed by atoms with van der Waals surface area (Å²) in [7, 11) is 0. The quantitative estimate of drug-likeness (QED) is 0.690. The van der Waals surface area contributed by atoms with Gasteiger partial charge in [-0.05, 0) is 74.5 Å². The number of amides is 1. The summed E-state index contributed by atoms with van der Waals surface area (Å²) in [4.78, 5) is 12.0. The summed E-state index contributed by atoms with van der Waals surface area (Å²) in [5.74, 6) is 2.89. The first kappa shape index (κ1) is 18.4. The molecule has 4 aliphatic carbocycles. The van der Waals surface area contributed by atoms with Crippen molar-refractivity contribution in [2.45, 2.75) is 44.1 Å². The lowest BCUT2D eigenvalue weighted by Crippen LogP contribution is -2.52. The minimum absolute atomic E-state index is 0.0707. The maximum absolute atomic E-state index is 12.0. The number of rotatable bonds is 7. The third kappa shape index (κ3) is 4.13. The Morgan fingerprint density at radius 1 is 1.12 bits per heavy atom. The third-order valence-corrected chi connectivity index (χ3v) is 6.60. The van der Waals surface area contributed by atoms with Crippen LogP contribution < -0.4 is 10.1 Å². The summed E-state index contributed by atoms with van der Waals surface area (Å²) in [5, 5.41) is 3.79. The molecular weight excluding hydrogens is 373 g/mol. The first-order valence-corrected chi connectivity index (χ1v) is 10.3. The highest BCUT2D eigenvalue weighted by Crippen LogP contribution is 2.57. The van der Waals surface area contributed by atoms with Gasteiger partial charge in [-0.3, -0.25) is 4.79 Å². The van der Waals surface area contributed by atoms with Gasteiger partial charge in [0.1, 0.15) is 5.75 Å². The Morgan fingerprint density at radius 2 is 1.77 bits per heavy atom. The van der Waals surface area contributed by atoms with E-state index in [1.54, 1.807) is 18.2 Å². The summed E-state index contributed by atoms with van der Waals surface area (Å²) in [6.07, 6.45) is 7.86. The minimum Gasteiger partial charge on any atom is -0.482 e. The SMILES string of the molecule is O=C(COc1ccc(Cl)cc1Cl)NCCOC12CC3CC(CC(C3)C1)C2. The lowest BCUT2D eigenvalue weighted by Gasteiger charge is -2.56. The Morgan fingerprint density at radius 3 is 2.38 bits per heavy atom. The van der Waals surface area contributed by atoms with Gasteiger partial charge in [-0.2, -0.15) is 0 Å². The molecule has 4 nitrogen and oxygen atoms in total. The van der Waals surface area contributed by atoms with Gasteiger partial charge in [0.2, 0.25) is 0 Å². The zero-order valence-electron chi connectivity index (χ0n) is 14.8. The number of benzene rings is 1. The molecule has 6 heteroatoms. The van der Waals surface area contributed by atoms with Crippen LogP contribution in [0.5, 0.6) is 5.75 Å². The fourth-order valence-corrected chi connectivity index (χ4v) is 5.92. The number of ether oxygens (including phenoxy) is 2. The highest BCUT2D eigenvalue weighted by atomic mass is 35.5. The summed E-state index contributed by atoms with van der Waals surface area (Å²) < 4.78 is 11.7. The Kier molecular flexibility index (Phi) is 5.36. The normalized spacial score (nSPS) is 31.8. The van der Waals surface area contributed by atoms with Crippen molar-refractivity contribution >= 4 is 29.1 Å². The molecule has 26 heavy (non-hydrogen) atoms. The van der Waals surface area contributed by atoms with Gasteiger partial charge < -0.3 is 14.8 Å². The molecule has 1 amide bonds. The molecule has 0 spiro atoms. The zero-order valence-corrected chi connectivity index (χ0v) is 16.3. The molecule has 1 aromatic carbocycles. The van der Waals surface area contributed by atoms with Gasteiger partial charge in [-0.25, -0.2) is 0 Å². The van der Waals surface area contributed by atoms with Crippen molar-refractivity contribution in [2.75, 3.05) is 19.8 Å². The van der Waals surface area contributed by atoms with Crippen LogP contribution in [0.3, 0.4) is 0 Å².